The molecule has 1 fully saturated rings. The van der Waals surface area contributed by atoms with Gasteiger partial charge in [0.25, 0.3) is 5.91 Å². The second-order valence-corrected chi connectivity index (χ2v) is 5.82. The van der Waals surface area contributed by atoms with Gasteiger partial charge in [0.2, 0.25) is 0 Å². The van der Waals surface area contributed by atoms with Crippen molar-refractivity contribution in [2.24, 2.45) is 0 Å². The first-order valence-corrected chi connectivity index (χ1v) is 7.61. The lowest BCUT2D eigenvalue weighted by atomic mass is 10.2. The van der Waals surface area contributed by atoms with E-state index in [0.29, 0.717) is 10.6 Å². The maximum atomic E-state index is 12.1. The molecule has 1 aromatic carbocycles. The average molecular weight is 287 g/mol. The number of nitrogen functional groups attached to an aromatic ring is 1. The number of carbonyl (C=O) groups excluding carboxylic acids is 1. The Morgan fingerprint density at radius 3 is 2.75 bits per heavy atom. The summed E-state index contributed by atoms with van der Waals surface area (Å²) in [6, 6.07) is 9.73. The third-order valence-corrected chi connectivity index (χ3v) is 4.41. The molecule has 20 heavy (non-hydrogen) atoms. The highest BCUT2D eigenvalue weighted by atomic mass is 32.1. The Hall–Kier alpha value is -2.01. The summed E-state index contributed by atoms with van der Waals surface area (Å²) in [5.41, 5.74) is 8.28. The zero-order valence-electron chi connectivity index (χ0n) is 11.1. The summed E-state index contributed by atoms with van der Waals surface area (Å²) in [7, 11) is 0. The minimum absolute atomic E-state index is 0.143. The number of amides is 1. The van der Waals surface area contributed by atoms with Gasteiger partial charge in [0, 0.05) is 24.5 Å². The number of hydrogen-bond acceptors (Lipinski definition) is 4. The van der Waals surface area contributed by atoms with Gasteiger partial charge in [-0.1, -0.05) is 6.07 Å². The van der Waals surface area contributed by atoms with Crippen molar-refractivity contribution in [1.82, 2.24) is 0 Å². The Morgan fingerprint density at radius 2 is 2.05 bits per heavy atom. The highest BCUT2D eigenvalue weighted by molar-refractivity contribution is 7.12. The van der Waals surface area contributed by atoms with Gasteiger partial charge in [-0.2, -0.15) is 0 Å². The van der Waals surface area contributed by atoms with E-state index in [1.807, 2.05) is 23.6 Å². The van der Waals surface area contributed by atoms with Crippen LogP contribution in [0, 0.1) is 0 Å². The first-order valence-electron chi connectivity index (χ1n) is 6.73. The van der Waals surface area contributed by atoms with E-state index >= 15 is 0 Å². The van der Waals surface area contributed by atoms with E-state index in [-0.39, 0.29) is 5.91 Å². The molecule has 0 bridgehead atoms. The van der Waals surface area contributed by atoms with Gasteiger partial charge in [-0.15, -0.1) is 11.3 Å². The summed E-state index contributed by atoms with van der Waals surface area (Å²) in [6.45, 7) is 2.19. The van der Waals surface area contributed by atoms with Crippen molar-refractivity contribution < 1.29 is 4.79 Å². The van der Waals surface area contributed by atoms with Crippen LogP contribution in [-0.4, -0.2) is 19.0 Å². The number of nitrogens with two attached hydrogens (primary N) is 1. The maximum Gasteiger partial charge on any atom is 0.267 e. The van der Waals surface area contributed by atoms with Crippen molar-refractivity contribution >= 4 is 34.3 Å². The lowest BCUT2D eigenvalue weighted by molar-refractivity contribution is 0.103. The summed E-state index contributed by atoms with van der Waals surface area (Å²) in [5, 5.41) is 4.74. The van der Waals surface area contributed by atoms with Crippen LogP contribution in [0.3, 0.4) is 0 Å². The molecular weight excluding hydrogens is 270 g/mol. The van der Waals surface area contributed by atoms with E-state index in [4.69, 9.17) is 5.73 Å². The molecule has 4 nitrogen and oxygen atoms in total. The lowest BCUT2D eigenvalue weighted by Crippen LogP contribution is -2.18. The summed E-state index contributed by atoms with van der Waals surface area (Å²) < 4.78 is 0. The van der Waals surface area contributed by atoms with E-state index in [1.165, 1.54) is 29.9 Å². The molecule has 0 atom stereocenters. The number of benzene rings is 1. The number of nitrogens with zero attached hydrogens (tertiary/aromatic N) is 1. The molecular formula is C15H17N3OS. The van der Waals surface area contributed by atoms with Gasteiger partial charge in [-0.25, -0.2) is 0 Å². The van der Waals surface area contributed by atoms with Crippen LogP contribution in [0.25, 0.3) is 0 Å². The van der Waals surface area contributed by atoms with Gasteiger partial charge < -0.3 is 16.0 Å². The zero-order chi connectivity index (χ0) is 13.9. The number of anilines is 3. The molecule has 0 aliphatic carbocycles. The number of rotatable bonds is 3. The molecule has 5 heteroatoms. The fourth-order valence-electron chi connectivity index (χ4n) is 2.45. The molecule has 1 amide bonds. The molecule has 1 aliphatic rings. The Bertz CT molecular complexity index is 617. The van der Waals surface area contributed by atoms with Crippen LogP contribution in [0.1, 0.15) is 22.5 Å². The van der Waals surface area contributed by atoms with Crippen LogP contribution in [0.15, 0.2) is 35.7 Å². The predicted octanol–water partition coefficient (Wildman–Crippen LogP) is 3.18. The Labute approximate surface area is 122 Å². The van der Waals surface area contributed by atoms with Crippen molar-refractivity contribution in [3.8, 4) is 0 Å². The molecule has 104 valence electrons. The van der Waals surface area contributed by atoms with E-state index in [1.54, 1.807) is 6.07 Å². The molecule has 3 rings (SSSR count). The fourth-order valence-corrected chi connectivity index (χ4v) is 3.16. The third-order valence-electron chi connectivity index (χ3n) is 3.48. The number of carbonyl (C=O) groups is 1. The SMILES string of the molecule is Nc1ccsc1C(=O)Nc1cccc(N2CCCC2)c1. The predicted molar refractivity (Wildman–Crippen MR) is 84.6 cm³/mol. The van der Waals surface area contributed by atoms with Crippen molar-refractivity contribution in [2.45, 2.75) is 12.8 Å². The summed E-state index contributed by atoms with van der Waals surface area (Å²) in [5.74, 6) is -0.143. The molecule has 0 saturated carbocycles. The zero-order valence-corrected chi connectivity index (χ0v) is 12.0. The third kappa shape index (κ3) is 2.63. The minimum atomic E-state index is -0.143. The second kappa shape index (κ2) is 5.54. The Morgan fingerprint density at radius 1 is 1.25 bits per heavy atom. The highest BCUT2D eigenvalue weighted by Crippen LogP contribution is 2.25. The Balaban J connectivity index is 1.76. The number of thiophene rings is 1. The fraction of sp³-hybridized carbons (Fsp3) is 0.267. The highest BCUT2D eigenvalue weighted by Gasteiger charge is 2.14. The van der Waals surface area contributed by atoms with Crippen LogP contribution in [0.2, 0.25) is 0 Å². The smallest absolute Gasteiger partial charge is 0.267 e. The van der Waals surface area contributed by atoms with E-state index in [0.717, 1.165) is 18.8 Å². The van der Waals surface area contributed by atoms with Crippen LogP contribution in [0.4, 0.5) is 17.1 Å². The van der Waals surface area contributed by atoms with Gasteiger partial charge >= 0.3 is 0 Å². The standard InChI is InChI=1S/C15H17N3OS/c16-13-6-9-20-14(13)15(19)17-11-4-3-5-12(10-11)18-7-1-2-8-18/h3-6,9-10H,1-2,7-8,16H2,(H,17,19). The van der Waals surface area contributed by atoms with Crippen molar-refractivity contribution in [1.29, 1.82) is 0 Å². The molecule has 0 spiro atoms. The van der Waals surface area contributed by atoms with Gasteiger partial charge in [0.05, 0.1) is 5.69 Å². The van der Waals surface area contributed by atoms with E-state index < -0.39 is 0 Å². The van der Waals surface area contributed by atoms with Gasteiger partial charge in [0.1, 0.15) is 4.88 Å². The van der Waals surface area contributed by atoms with Crippen LogP contribution < -0.4 is 16.0 Å². The largest absolute Gasteiger partial charge is 0.397 e. The molecule has 1 aliphatic heterocycles. The summed E-state index contributed by atoms with van der Waals surface area (Å²) >= 11 is 1.36. The van der Waals surface area contributed by atoms with E-state index in [9.17, 15) is 4.79 Å². The first kappa shape index (κ1) is 13.0. The first-order chi connectivity index (χ1) is 9.74. The molecule has 2 heterocycles. The quantitative estimate of drug-likeness (QED) is 0.911. The normalized spacial score (nSPS) is 14.5. The molecule has 1 aromatic heterocycles. The summed E-state index contributed by atoms with van der Waals surface area (Å²) in [4.78, 5) is 15.0. The lowest BCUT2D eigenvalue weighted by Gasteiger charge is -2.18. The van der Waals surface area contributed by atoms with Crippen LogP contribution in [0.5, 0.6) is 0 Å². The Kier molecular flexibility index (Phi) is 3.60. The molecule has 0 radical (unpaired) electrons. The van der Waals surface area contributed by atoms with Crippen molar-refractivity contribution in [3.63, 3.8) is 0 Å². The molecule has 0 unspecified atom stereocenters. The molecule has 3 N–H and O–H groups in total. The topological polar surface area (TPSA) is 58.4 Å². The molecule has 2 aromatic rings. The summed E-state index contributed by atoms with van der Waals surface area (Å²) in [6.07, 6.45) is 2.48. The number of hydrogen-bond donors (Lipinski definition) is 2. The molecule has 1 saturated heterocycles. The van der Waals surface area contributed by atoms with Crippen molar-refractivity contribution in [2.75, 3.05) is 29.0 Å². The maximum absolute atomic E-state index is 12.1. The van der Waals surface area contributed by atoms with Crippen LogP contribution >= 0.6 is 11.3 Å². The van der Waals surface area contributed by atoms with Gasteiger partial charge in [-0.3, -0.25) is 4.79 Å². The van der Waals surface area contributed by atoms with Gasteiger partial charge in [0.15, 0.2) is 0 Å². The van der Waals surface area contributed by atoms with Gasteiger partial charge in [-0.05, 0) is 42.5 Å². The monoisotopic (exact) mass is 287 g/mol. The minimum Gasteiger partial charge on any atom is -0.397 e. The van der Waals surface area contributed by atoms with Crippen LogP contribution in [-0.2, 0) is 0 Å². The number of nitrogens with one attached hydrogen (secondary N) is 1. The average Bonchev–Trinajstić information content (AvgIpc) is 3.09. The van der Waals surface area contributed by atoms with Crippen molar-refractivity contribution in [3.05, 3.63) is 40.6 Å². The second-order valence-electron chi connectivity index (χ2n) is 4.90. The van der Waals surface area contributed by atoms with E-state index in [2.05, 4.69) is 16.3 Å².